The number of amides is 1. The van der Waals surface area contributed by atoms with Gasteiger partial charge in [-0.1, -0.05) is 24.3 Å². The molecular formula is C16H19NO2S2. The minimum absolute atomic E-state index is 0.0699. The van der Waals surface area contributed by atoms with Crippen molar-refractivity contribution in [3.05, 3.63) is 52.2 Å². The second-order valence-corrected chi connectivity index (χ2v) is 6.67. The van der Waals surface area contributed by atoms with Gasteiger partial charge in [-0.25, -0.2) is 0 Å². The number of nitrogens with one attached hydrogen (secondary N) is 1. The zero-order chi connectivity index (χ0) is 14.9. The smallest absolute Gasteiger partial charge is 0.257 e. The van der Waals surface area contributed by atoms with Gasteiger partial charge in [-0.05, 0) is 30.0 Å². The predicted molar refractivity (Wildman–Crippen MR) is 90.2 cm³/mol. The van der Waals surface area contributed by atoms with Gasteiger partial charge in [0.05, 0.1) is 0 Å². The van der Waals surface area contributed by atoms with E-state index in [0.29, 0.717) is 6.54 Å². The molecule has 1 heterocycles. The van der Waals surface area contributed by atoms with Crippen molar-refractivity contribution in [3.8, 4) is 5.75 Å². The molecule has 3 nitrogen and oxygen atoms in total. The van der Waals surface area contributed by atoms with Crippen LogP contribution in [-0.2, 0) is 10.5 Å². The molecule has 0 saturated carbocycles. The second-order valence-electron chi connectivity index (χ2n) is 4.54. The number of aryl methyl sites for hydroxylation is 1. The number of rotatable bonds is 8. The first-order valence-electron chi connectivity index (χ1n) is 6.81. The minimum Gasteiger partial charge on any atom is -0.484 e. The molecule has 2 rings (SSSR count). The summed E-state index contributed by atoms with van der Waals surface area (Å²) >= 11 is 3.59. The molecule has 5 heteroatoms. The van der Waals surface area contributed by atoms with Crippen molar-refractivity contribution in [3.63, 3.8) is 0 Å². The molecule has 112 valence electrons. The van der Waals surface area contributed by atoms with Gasteiger partial charge in [0.1, 0.15) is 5.75 Å². The molecule has 0 aliphatic rings. The van der Waals surface area contributed by atoms with Crippen molar-refractivity contribution < 1.29 is 9.53 Å². The van der Waals surface area contributed by atoms with Crippen LogP contribution in [-0.4, -0.2) is 24.8 Å². The molecule has 21 heavy (non-hydrogen) atoms. The quantitative estimate of drug-likeness (QED) is 0.757. The van der Waals surface area contributed by atoms with Crippen LogP contribution < -0.4 is 10.1 Å². The Morgan fingerprint density at radius 3 is 2.90 bits per heavy atom. The van der Waals surface area contributed by atoms with Crippen molar-refractivity contribution in [2.24, 2.45) is 0 Å². The number of hydrogen-bond acceptors (Lipinski definition) is 4. The van der Waals surface area contributed by atoms with E-state index in [2.05, 4.69) is 22.8 Å². The Balaban J connectivity index is 1.56. The van der Waals surface area contributed by atoms with Gasteiger partial charge in [0.2, 0.25) is 0 Å². The van der Waals surface area contributed by atoms with E-state index in [-0.39, 0.29) is 12.5 Å². The zero-order valence-electron chi connectivity index (χ0n) is 12.0. The summed E-state index contributed by atoms with van der Waals surface area (Å²) in [5.74, 6) is 2.61. The fourth-order valence-corrected chi connectivity index (χ4v) is 3.44. The summed E-state index contributed by atoms with van der Waals surface area (Å²) in [6.45, 7) is 2.71. The lowest BCUT2D eigenvalue weighted by atomic mass is 10.2. The van der Waals surface area contributed by atoms with Gasteiger partial charge in [-0.15, -0.1) is 11.3 Å². The fraction of sp³-hybridized carbons (Fsp3) is 0.312. The third-order valence-corrected chi connectivity index (χ3v) is 4.91. The van der Waals surface area contributed by atoms with E-state index in [1.165, 1.54) is 4.88 Å². The van der Waals surface area contributed by atoms with Crippen LogP contribution in [0.5, 0.6) is 5.75 Å². The first-order chi connectivity index (χ1) is 10.3. The van der Waals surface area contributed by atoms with Gasteiger partial charge in [0.25, 0.3) is 5.91 Å². The van der Waals surface area contributed by atoms with Gasteiger partial charge in [0, 0.05) is 22.9 Å². The summed E-state index contributed by atoms with van der Waals surface area (Å²) in [6.07, 6.45) is 0. The molecule has 0 bridgehead atoms. The molecule has 1 N–H and O–H groups in total. The van der Waals surface area contributed by atoms with Crippen molar-refractivity contribution in [1.29, 1.82) is 0 Å². The summed E-state index contributed by atoms with van der Waals surface area (Å²) in [6, 6.07) is 11.9. The molecule has 0 aliphatic carbocycles. The monoisotopic (exact) mass is 321 g/mol. The van der Waals surface area contributed by atoms with E-state index in [4.69, 9.17) is 4.74 Å². The summed E-state index contributed by atoms with van der Waals surface area (Å²) in [4.78, 5) is 13.0. The normalized spacial score (nSPS) is 10.3. The van der Waals surface area contributed by atoms with Crippen molar-refractivity contribution in [1.82, 2.24) is 5.32 Å². The second kappa shape index (κ2) is 8.74. The maximum atomic E-state index is 11.7. The van der Waals surface area contributed by atoms with E-state index >= 15 is 0 Å². The molecule has 0 spiro atoms. The molecule has 1 aromatic carbocycles. The SMILES string of the molecule is Cc1ccccc1OCC(=O)NCCSCc1cccs1. The molecule has 0 atom stereocenters. The number of carbonyl (C=O) groups excluding carboxylic acids is 1. The predicted octanol–water partition coefficient (Wildman–Crippen LogP) is 3.48. The summed E-state index contributed by atoms with van der Waals surface area (Å²) in [5.41, 5.74) is 1.04. The summed E-state index contributed by atoms with van der Waals surface area (Å²) < 4.78 is 5.50. The van der Waals surface area contributed by atoms with Crippen LogP contribution in [0, 0.1) is 6.92 Å². The average Bonchev–Trinajstić information content (AvgIpc) is 2.99. The molecule has 0 aliphatic heterocycles. The number of thiophene rings is 1. The van der Waals surface area contributed by atoms with Crippen LogP contribution in [0.25, 0.3) is 0 Å². The fourth-order valence-electron chi connectivity index (χ4n) is 1.74. The number of hydrogen-bond donors (Lipinski definition) is 1. The van der Waals surface area contributed by atoms with E-state index < -0.39 is 0 Å². The van der Waals surface area contributed by atoms with Crippen LogP contribution in [0.15, 0.2) is 41.8 Å². The molecule has 2 aromatic rings. The summed E-state index contributed by atoms with van der Waals surface area (Å²) in [7, 11) is 0. The van der Waals surface area contributed by atoms with E-state index in [9.17, 15) is 4.79 Å². The van der Waals surface area contributed by atoms with Gasteiger partial charge in [-0.3, -0.25) is 4.79 Å². The highest BCUT2D eigenvalue weighted by Gasteiger charge is 2.04. The number of para-hydroxylation sites is 1. The molecule has 0 saturated heterocycles. The van der Waals surface area contributed by atoms with Crippen molar-refractivity contribution in [2.45, 2.75) is 12.7 Å². The first-order valence-corrected chi connectivity index (χ1v) is 8.84. The average molecular weight is 321 g/mol. The minimum atomic E-state index is -0.0741. The van der Waals surface area contributed by atoms with Crippen LogP contribution in [0.1, 0.15) is 10.4 Å². The molecule has 0 radical (unpaired) electrons. The molecule has 0 fully saturated rings. The maximum absolute atomic E-state index is 11.7. The van der Waals surface area contributed by atoms with Crippen molar-refractivity contribution >= 4 is 29.0 Å². The van der Waals surface area contributed by atoms with Gasteiger partial charge >= 0.3 is 0 Å². The Bertz CT molecular complexity index is 555. The van der Waals surface area contributed by atoms with Gasteiger partial charge < -0.3 is 10.1 Å². The topological polar surface area (TPSA) is 38.3 Å². The van der Waals surface area contributed by atoms with Crippen LogP contribution in [0.4, 0.5) is 0 Å². The number of carbonyl (C=O) groups is 1. The lowest BCUT2D eigenvalue weighted by Gasteiger charge is -2.09. The first kappa shape index (κ1) is 15.9. The summed E-state index contributed by atoms with van der Waals surface area (Å²) in [5, 5.41) is 4.96. The Kier molecular flexibility index (Phi) is 6.63. The maximum Gasteiger partial charge on any atom is 0.257 e. The number of thioether (sulfide) groups is 1. The van der Waals surface area contributed by atoms with E-state index in [1.54, 1.807) is 11.3 Å². The van der Waals surface area contributed by atoms with E-state index in [0.717, 1.165) is 22.8 Å². The van der Waals surface area contributed by atoms with Crippen molar-refractivity contribution in [2.75, 3.05) is 18.9 Å². The Labute approximate surface area is 133 Å². The Morgan fingerprint density at radius 1 is 1.29 bits per heavy atom. The number of benzene rings is 1. The third-order valence-electron chi connectivity index (χ3n) is 2.85. The lowest BCUT2D eigenvalue weighted by Crippen LogP contribution is -2.30. The highest BCUT2D eigenvalue weighted by atomic mass is 32.2. The molecule has 1 aromatic heterocycles. The third kappa shape index (κ3) is 5.81. The van der Waals surface area contributed by atoms with Crippen LogP contribution in [0.3, 0.4) is 0 Å². The molecule has 1 amide bonds. The highest BCUT2D eigenvalue weighted by molar-refractivity contribution is 7.98. The Hall–Kier alpha value is -1.46. The largest absolute Gasteiger partial charge is 0.484 e. The molecular weight excluding hydrogens is 302 g/mol. The lowest BCUT2D eigenvalue weighted by molar-refractivity contribution is -0.122. The van der Waals surface area contributed by atoms with Crippen LogP contribution >= 0.6 is 23.1 Å². The van der Waals surface area contributed by atoms with Gasteiger partial charge in [-0.2, -0.15) is 11.8 Å². The number of ether oxygens (including phenoxy) is 1. The van der Waals surface area contributed by atoms with Crippen LogP contribution in [0.2, 0.25) is 0 Å². The van der Waals surface area contributed by atoms with E-state index in [1.807, 2.05) is 43.0 Å². The standard InChI is InChI=1S/C16H19NO2S2/c1-13-5-2-3-7-15(13)19-11-16(18)17-8-10-20-12-14-6-4-9-21-14/h2-7,9H,8,10-12H2,1H3,(H,17,18). The Morgan fingerprint density at radius 2 is 2.14 bits per heavy atom. The zero-order valence-corrected chi connectivity index (χ0v) is 13.6. The molecule has 0 unspecified atom stereocenters. The van der Waals surface area contributed by atoms with Gasteiger partial charge in [0.15, 0.2) is 6.61 Å². The highest BCUT2D eigenvalue weighted by Crippen LogP contribution is 2.17.